The lowest BCUT2D eigenvalue weighted by atomic mass is 9.95. The summed E-state index contributed by atoms with van der Waals surface area (Å²) in [5, 5.41) is 11.1. The van der Waals surface area contributed by atoms with Crippen LogP contribution in [0.1, 0.15) is 22.7 Å². The Bertz CT molecular complexity index is 1220. The van der Waals surface area contributed by atoms with E-state index in [0.717, 1.165) is 5.56 Å². The molecule has 7 nitrogen and oxygen atoms in total. The molecule has 1 fully saturated rings. The summed E-state index contributed by atoms with van der Waals surface area (Å²) in [6.07, 6.45) is 4.93. The van der Waals surface area contributed by atoms with E-state index in [2.05, 4.69) is 11.6 Å². The molecular weight excluding hydrogens is 432 g/mol. The van der Waals surface area contributed by atoms with Gasteiger partial charge < -0.3 is 19.5 Å². The highest BCUT2D eigenvalue weighted by molar-refractivity contribution is 6.46. The summed E-state index contributed by atoms with van der Waals surface area (Å²) in [5.74, 6) is -0.431. The van der Waals surface area contributed by atoms with Gasteiger partial charge in [-0.25, -0.2) is 0 Å². The topological polar surface area (TPSA) is 89.0 Å². The fraction of sp³-hybridized carbons (Fsp3) is 0.148. The van der Waals surface area contributed by atoms with Crippen LogP contribution in [-0.2, 0) is 16.1 Å². The van der Waals surface area contributed by atoms with E-state index in [-0.39, 0.29) is 17.9 Å². The van der Waals surface area contributed by atoms with Crippen LogP contribution in [0.2, 0.25) is 0 Å². The lowest BCUT2D eigenvalue weighted by molar-refractivity contribution is -0.140. The maximum atomic E-state index is 13.2. The average molecular weight is 456 g/mol. The lowest BCUT2D eigenvalue weighted by Crippen LogP contribution is -2.29. The number of Topliss-reactive ketones (excluding diaryl/α,β-unsaturated/α-hetero) is 1. The first kappa shape index (κ1) is 22.8. The monoisotopic (exact) mass is 456 g/mol. The third-order valence-corrected chi connectivity index (χ3v) is 5.54. The Hall–Kier alpha value is -4.39. The number of ketones is 1. The standard InChI is InChI=1S/C27H24N2O5/c1-3-15-34-22-12-6-19(7-13-22)24-23(25(30)20-8-10-21(33-2)11-9-20)26(31)27(32)29(24)17-18-5-4-14-28-16-18/h3-14,16,24,30H,1,15,17H2,2H3/t24-/m1/s1. The quantitative estimate of drug-likeness (QED) is 0.236. The van der Waals surface area contributed by atoms with Gasteiger partial charge in [-0.15, -0.1) is 0 Å². The van der Waals surface area contributed by atoms with Gasteiger partial charge in [-0.1, -0.05) is 30.9 Å². The number of aromatic nitrogens is 1. The van der Waals surface area contributed by atoms with E-state index in [1.165, 1.54) is 4.90 Å². The van der Waals surface area contributed by atoms with Crippen LogP contribution in [-0.4, -0.2) is 40.4 Å². The third kappa shape index (κ3) is 4.54. The lowest BCUT2D eigenvalue weighted by Gasteiger charge is -2.25. The number of hydrogen-bond acceptors (Lipinski definition) is 6. The smallest absolute Gasteiger partial charge is 0.295 e. The Labute approximate surface area is 197 Å². The molecule has 1 amide bonds. The van der Waals surface area contributed by atoms with Crippen molar-refractivity contribution in [2.45, 2.75) is 12.6 Å². The van der Waals surface area contributed by atoms with Gasteiger partial charge in [0.25, 0.3) is 11.7 Å². The number of likely N-dealkylation sites (tertiary alicyclic amines) is 1. The number of rotatable bonds is 8. The maximum Gasteiger partial charge on any atom is 0.295 e. The molecule has 7 heteroatoms. The molecule has 2 heterocycles. The van der Waals surface area contributed by atoms with Crippen LogP contribution in [0.5, 0.6) is 11.5 Å². The van der Waals surface area contributed by atoms with Crippen molar-refractivity contribution in [2.75, 3.05) is 13.7 Å². The molecule has 34 heavy (non-hydrogen) atoms. The van der Waals surface area contributed by atoms with E-state index in [0.29, 0.717) is 29.2 Å². The summed E-state index contributed by atoms with van der Waals surface area (Å²) >= 11 is 0. The molecule has 0 saturated carbocycles. The number of amides is 1. The first-order chi connectivity index (χ1) is 16.5. The molecule has 0 spiro atoms. The molecule has 0 unspecified atom stereocenters. The number of benzene rings is 2. The number of carbonyl (C=O) groups is 2. The van der Waals surface area contributed by atoms with Crippen molar-refractivity contribution in [2.24, 2.45) is 0 Å². The Kier molecular flexibility index (Phi) is 6.73. The molecule has 1 N–H and O–H groups in total. The molecular formula is C27H24N2O5. The van der Waals surface area contributed by atoms with Crippen LogP contribution >= 0.6 is 0 Å². The Morgan fingerprint density at radius 1 is 1.09 bits per heavy atom. The van der Waals surface area contributed by atoms with Crippen molar-refractivity contribution in [1.29, 1.82) is 0 Å². The highest BCUT2D eigenvalue weighted by Crippen LogP contribution is 2.40. The van der Waals surface area contributed by atoms with Crippen molar-refractivity contribution >= 4 is 17.4 Å². The van der Waals surface area contributed by atoms with Crippen LogP contribution in [0, 0.1) is 0 Å². The maximum absolute atomic E-state index is 13.2. The van der Waals surface area contributed by atoms with E-state index >= 15 is 0 Å². The first-order valence-corrected chi connectivity index (χ1v) is 10.7. The van der Waals surface area contributed by atoms with Crippen LogP contribution < -0.4 is 9.47 Å². The van der Waals surface area contributed by atoms with Gasteiger partial charge in [0.2, 0.25) is 0 Å². The first-order valence-electron chi connectivity index (χ1n) is 10.7. The van der Waals surface area contributed by atoms with Crippen molar-refractivity contribution in [3.05, 3.63) is 108 Å². The number of hydrogen-bond donors (Lipinski definition) is 1. The van der Waals surface area contributed by atoms with Crippen LogP contribution in [0.3, 0.4) is 0 Å². The predicted octanol–water partition coefficient (Wildman–Crippen LogP) is 4.28. The molecule has 1 saturated heterocycles. The molecule has 3 aromatic rings. The van der Waals surface area contributed by atoms with Gasteiger partial charge in [0.15, 0.2) is 0 Å². The molecule has 0 radical (unpaired) electrons. The van der Waals surface area contributed by atoms with Gasteiger partial charge in [0.05, 0.1) is 18.7 Å². The van der Waals surface area contributed by atoms with Gasteiger partial charge in [-0.05, 0) is 53.6 Å². The fourth-order valence-corrected chi connectivity index (χ4v) is 3.88. The molecule has 1 atom stereocenters. The minimum atomic E-state index is -0.782. The van der Waals surface area contributed by atoms with E-state index in [9.17, 15) is 14.7 Å². The van der Waals surface area contributed by atoms with Crippen molar-refractivity contribution in [3.8, 4) is 11.5 Å². The number of nitrogens with zero attached hydrogens (tertiary/aromatic N) is 2. The predicted molar refractivity (Wildman–Crippen MR) is 127 cm³/mol. The van der Waals surface area contributed by atoms with Gasteiger partial charge in [-0.2, -0.15) is 0 Å². The number of pyridine rings is 1. The highest BCUT2D eigenvalue weighted by atomic mass is 16.5. The summed E-state index contributed by atoms with van der Waals surface area (Å²) in [6.45, 7) is 4.16. The molecule has 1 aliphatic heterocycles. The SMILES string of the molecule is C=CCOc1ccc([C@@H]2C(=C(O)c3ccc(OC)cc3)C(=O)C(=O)N2Cc2cccnc2)cc1. The molecule has 2 aromatic carbocycles. The zero-order chi connectivity index (χ0) is 24.1. The Balaban J connectivity index is 1.80. The Morgan fingerprint density at radius 2 is 1.79 bits per heavy atom. The van der Waals surface area contributed by atoms with Crippen LogP contribution in [0.4, 0.5) is 0 Å². The van der Waals surface area contributed by atoms with Gasteiger partial charge in [0, 0.05) is 24.5 Å². The van der Waals surface area contributed by atoms with E-state index in [1.54, 1.807) is 80.2 Å². The van der Waals surface area contributed by atoms with Crippen LogP contribution in [0.15, 0.2) is 91.3 Å². The summed E-state index contributed by atoms with van der Waals surface area (Å²) in [5.41, 5.74) is 1.88. The summed E-state index contributed by atoms with van der Waals surface area (Å²) in [4.78, 5) is 31.8. The van der Waals surface area contributed by atoms with Crippen LogP contribution in [0.25, 0.3) is 5.76 Å². The number of aliphatic hydroxyl groups is 1. The normalized spacial score (nSPS) is 17.0. The molecule has 0 aliphatic carbocycles. The molecule has 172 valence electrons. The Morgan fingerprint density at radius 3 is 2.41 bits per heavy atom. The zero-order valence-electron chi connectivity index (χ0n) is 18.7. The summed E-state index contributed by atoms with van der Waals surface area (Å²) < 4.78 is 10.7. The molecule has 1 aromatic heterocycles. The third-order valence-electron chi connectivity index (χ3n) is 5.54. The fourth-order valence-electron chi connectivity index (χ4n) is 3.88. The minimum absolute atomic E-state index is 0.0267. The van der Waals surface area contributed by atoms with Gasteiger partial charge in [-0.3, -0.25) is 14.6 Å². The van der Waals surface area contributed by atoms with Crippen molar-refractivity contribution < 1.29 is 24.2 Å². The second-order valence-electron chi connectivity index (χ2n) is 7.69. The van der Waals surface area contributed by atoms with E-state index in [4.69, 9.17) is 9.47 Å². The summed E-state index contributed by atoms with van der Waals surface area (Å²) in [7, 11) is 1.54. The average Bonchev–Trinajstić information content (AvgIpc) is 3.13. The highest BCUT2D eigenvalue weighted by Gasteiger charge is 2.46. The largest absolute Gasteiger partial charge is 0.507 e. The number of aliphatic hydroxyl groups excluding tert-OH is 1. The van der Waals surface area contributed by atoms with E-state index < -0.39 is 17.7 Å². The zero-order valence-corrected chi connectivity index (χ0v) is 18.7. The van der Waals surface area contributed by atoms with Crippen molar-refractivity contribution in [3.63, 3.8) is 0 Å². The minimum Gasteiger partial charge on any atom is -0.507 e. The number of methoxy groups -OCH3 is 1. The van der Waals surface area contributed by atoms with E-state index in [1.807, 2.05) is 6.07 Å². The molecule has 4 rings (SSSR count). The van der Waals surface area contributed by atoms with Gasteiger partial charge >= 0.3 is 0 Å². The van der Waals surface area contributed by atoms with Crippen molar-refractivity contribution in [1.82, 2.24) is 9.88 Å². The number of ether oxygens (including phenoxy) is 2. The number of carbonyl (C=O) groups excluding carboxylic acids is 2. The second kappa shape index (κ2) is 10.0. The van der Waals surface area contributed by atoms with Gasteiger partial charge in [0.1, 0.15) is 23.9 Å². The molecule has 1 aliphatic rings. The summed E-state index contributed by atoms with van der Waals surface area (Å²) in [6, 6.07) is 16.6. The molecule has 0 bridgehead atoms. The second-order valence-corrected chi connectivity index (χ2v) is 7.69.